The SMILES string of the molecule is COC(=O)C[C@@H](CC(=O)CS(C)=O)O[Si](C)(C)C(C)(C)C. The Morgan fingerprint density at radius 3 is 2.10 bits per heavy atom. The van der Waals surface area contributed by atoms with Crippen LogP contribution in [-0.4, -0.2) is 49.5 Å². The van der Waals surface area contributed by atoms with Crippen molar-refractivity contribution in [2.75, 3.05) is 19.1 Å². The van der Waals surface area contributed by atoms with Gasteiger partial charge in [0.15, 0.2) is 8.32 Å². The minimum absolute atomic E-state index is 0.00145. The predicted molar refractivity (Wildman–Crippen MR) is 87.3 cm³/mol. The number of esters is 1. The van der Waals surface area contributed by atoms with Gasteiger partial charge < -0.3 is 9.16 Å². The summed E-state index contributed by atoms with van der Waals surface area (Å²) in [6.07, 6.45) is 1.13. The van der Waals surface area contributed by atoms with Crippen molar-refractivity contribution in [2.45, 2.75) is 57.8 Å². The molecule has 0 radical (unpaired) electrons. The summed E-state index contributed by atoms with van der Waals surface area (Å²) in [7, 11) is -1.95. The van der Waals surface area contributed by atoms with Gasteiger partial charge in [0, 0.05) is 23.5 Å². The second kappa shape index (κ2) is 8.19. The lowest BCUT2D eigenvalue weighted by Crippen LogP contribution is -2.45. The zero-order valence-corrected chi connectivity index (χ0v) is 16.0. The number of methoxy groups -OCH3 is 1. The van der Waals surface area contributed by atoms with Gasteiger partial charge in [-0.25, -0.2) is 0 Å². The van der Waals surface area contributed by atoms with Crippen molar-refractivity contribution in [1.29, 1.82) is 0 Å². The summed E-state index contributed by atoms with van der Waals surface area (Å²) < 4.78 is 21.9. The molecule has 0 heterocycles. The lowest BCUT2D eigenvalue weighted by molar-refractivity contribution is -0.142. The van der Waals surface area contributed by atoms with Crippen molar-refractivity contribution in [3.63, 3.8) is 0 Å². The zero-order chi connectivity index (χ0) is 16.8. The van der Waals surface area contributed by atoms with E-state index in [2.05, 4.69) is 38.6 Å². The largest absolute Gasteiger partial charge is 0.469 e. The first kappa shape index (κ1) is 20.5. The molecule has 0 aromatic heterocycles. The van der Waals surface area contributed by atoms with Crippen molar-refractivity contribution in [1.82, 2.24) is 0 Å². The minimum atomic E-state index is -2.09. The summed E-state index contributed by atoms with van der Waals surface area (Å²) >= 11 is 0. The van der Waals surface area contributed by atoms with Crippen molar-refractivity contribution in [3.8, 4) is 0 Å². The van der Waals surface area contributed by atoms with Gasteiger partial charge >= 0.3 is 5.97 Å². The molecular formula is C14H28O5SSi. The van der Waals surface area contributed by atoms with E-state index in [1.165, 1.54) is 13.4 Å². The number of carbonyl (C=O) groups excluding carboxylic acids is 2. The average Bonchev–Trinajstić information content (AvgIpc) is 2.24. The van der Waals surface area contributed by atoms with E-state index in [0.29, 0.717) is 0 Å². The van der Waals surface area contributed by atoms with E-state index in [9.17, 15) is 13.8 Å². The molecule has 0 spiro atoms. The zero-order valence-electron chi connectivity index (χ0n) is 14.1. The van der Waals surface area contributed by atoms with E-state index < -0.39 is 31.2 Å². The number of Topliss-reactive ketones (excluding diaryl/α,β-unsaturated/α-hetero) is 1. The molecule has 124 valence electrons. The molecule has 1 unspecified atom stereocenters. The van der Waals surface area contributed by atoms with E-state index in [-0.39, 0.29) is 29.4 Å². The van der Waals surface area contributed by atoms with Crippen LogP contribution in [0.3, 0.4) is 0 Å². The van der Waals surface area contributed by atoms with Crippen LogP contribution in [0.25, 0.3) is 0 Å². The van der Waals surface area contributed by atoms with Crippen molar-refractivity contribution < 1.29 is 23.0 Å². The highest BCUT2D eigenvalue weighted by molar-refractivity contribution is 7.85. The molecule has 0 bridgehead atoms. The summed E-state index contributed by atoms with van der Waals surface area (Å²) in [6, 6.07) is 0. The Labute approximate surface area is 131 Å². The molecule has 5 nitrogen and oxygen atoms in total. The van der Waals surface area contributed by atoms with Crippen LogP contribution in [0.15, 0.2) is 0 Å². The first-order valence-electron chi connectivity index (χ1n) is 6.95. The highest BCUT2D eigenvalue weighted by Gasteiger charge is 2.40. The molecule has 7 heteroatoms. The molecule has 0 saturated heterocycles. The molecule has 2 atom stereocenters. The summed E-state index contributed by atoms with van der Waals surface area (Å²) in [5, 5.41) is -0.0159. The molecule has 0 aliphatic heterocycles. The Morgan fingerprint density at radius 1 is 1.19 bits per heavy atom. The van der Waals surface area contributed by atoms with Gasteiger partial charge in [0.1, 0.15) is 5.78 Å². The van der Waals surface area contributed by atoms with Gasteiger partial charge in [0.05, 0.1) is 25.4 Å². The van der Waals surface area contributed by atoms with Gasteiger partial charge in [-0.3, -0.25) is 13.8 Å². The Balaban J connectivity index is 4.94. The Morgan fingerprint density at radius 2 is 1.71 bits per heavy atom. The molecule has 21 heavy (non-hydrogen) atoms. The summed E-state index contributed by atoms with van der Waals surface area (Å²) in [5.41, 5.74) is 0. The lowest BCUT2D eigenvalue weighted by atomic mass is 10.1. The van der Waals surface area contributed by atoms with Crippen molar-refractivity contribution >= 4 is 30.9 Å². The maximum atomic E-state index is 11.9. The van der Waals surface area contributed by atoms with Crippen LogP contribution in [-0.2, 0) is 29.6 Å². The number of ether oxygens (including phenoxy) is 1. The maximum absolute atomic E-state index is 11.9. The summed E-state index contributed by atoms with van der Waals surface area (Å²) in [5.74, 6) is -0.550. The highest BCUT2D eigenvalue weighted by atomic mass is 32.2. The molecule has 0 N–H and O–H groups in total. The highest BCUT2D eigenvalue weighted by Crippen LogP contribution is 2.38. The molecule has 0 aliphatic rings. The fraction of sp³-hybridized carbons (Fsp3) is 0.857. The first-order chi connectivity index (χ1) is 9.39. The fourth-order valence-corrected chi connectivity index (χ4v) is 3.48. The number of rotatable bonds is 8. The topological polar surface area (TPSA) is 69.7 Å². The van der Waals surface area contributed by atoms with Gasteiger partial charge in [0.25, 0.3) is 0 Å². The molecule has 0 fully saturated rings. The van der Waals surface area contributed by atoms with Crippen LogP contribution in [0, 0.1) is 0 Å². The van der Waals surface area contributed by atoms with E-state index in [1.54, 1.807) is 0 Å². The van der Waals surface area contributed by atoms with Crippen LogP contribution in [0.2, 0.25) is 18.1 Å². The third-order valence-corrected chi connectivity index (χ3v) is 8.97. The second-order valence-corrected chi connectivity index (χ2v) is 12.9. The molecule has 0 aromatic carbocycles. The van der Waals surface area contributed by atoms with Gasteiger partial charge in [-0.05, 0) is 18.1 Å². The Kier molecular flexibility index (Phi) is 7.98. The van der Waals surface area contributed by atoms with E-state index in [0.717, 1.165) is 0 Å². The van der Waals surface area contributed by atoms with Crippen LogP contribution in [0.4, 0.5) is 0 Å². The van der Waals surface area contributed by atoms with Crippen LogP contribution >= 0.6 is 0 Å². The monoisotopic (exact) mass is 336 g/mol. The molecule has 0 rings (SSSR count). The summed E-state index contributed by atoms with van der Waals surface area (Å²) in [4.78, 5) is 23.4. The third kappa shape index (κ3) is 7.87. The number of hydrogen-bond donors (Lipinski definition) is 0. The van der Waals surface area contributed by atoms with Gasteiger partial charge in [-0.15, -0.1) is 0 Å². The number of ketones is 1. The molecule has 0 saturated carbocycles. The molecular weight excluding hydrogens is 308 g/mol. The van der Waals surface area contributed by atoms with Crippen LogP contribution < -0.4 is 0 Å². The maximum Gasteiger partial charge on any atom is 0.308 e. The van der Waals surface area contributed by atoms with E-state index >= 15 is 0 Å². The van der Waals surface area contributed by atoms with E-state index in [1.807, 2.05) is 0 Å². The van der Waals surface area contributed by atoms with Crippen molar-refractivity contribution in [2.24, 2.45) is 0 Å². The van der Waals surface area contributed by atoms with Gasteiger partial charge in [0.2, 0.25) is 0 Å². The van der Waals surface area contributed by atoms with E-state index in [4.69, 9.17) is 4.43 Å². The third-order valence-electron chi connectivity index (χ3n) is 3.71. The Hall–Kier alpha value is -0.533. The molecule has 0 aromatic rings. The molecule has 0 amide bonds. The quantitative estimate of drug-likeness (QED) is 0.502. The predicted octanol–water partition coefficient (Wildman–Crippen LogP) is 2.28. The lowest BCUT2D eigenvalue weighted by Gasteiger charge is -2.39. The Bertz CT molecular complexity index is 401. The van der Waals surface area contributed by atoms with Gasteiger partial charge in [-0.2, -0.15) is 0 Å². The van der Waals surface area contributed by atoms with Crippen LogP contribution in [0.5, 0.6) is 0 Å². The normalized spacial score (nSPS) is 15.4. The average molecular weight is 337 g/mol. The minimum Gasteiger partial charge on any atom is -0.469 e. The van der Waals surface area contributed by atoms with Gasteiger partial charge in [-0.1, -0.05) is 20.8 Å². The number of hydrogen-bond acceptors (Lipinski definition) is 5. The smallest absolute Gasteiger partial charge is 0.308 e. The van der Waals surface area contributed by atoms with Crippen LogP contribution in [0.1, 0.15) is 33.6 Å². The fourth-order valence-electron chi connectivity index (χ4n) is 1.56. The number of carbonyl (C=O) groups is 2. The molecule has 0 aliphatic carbocycles. The standard InChI is InChI=1S/C14H28O5SSi/c1-14(2,3)21(6,7)19-12(9-13(16)18-4)8-11(15)10-20(5)17/h12H,8-10H2,1-7H3/t12-,20?/m1/s1. The summed E-state index contributed by atoms with van der Waals surface area (Å²) in [6.45, 7) is 10.4. The van der Waals surface area contributed by atoms with Crippen molar-refractivity contribution in [3.05, 3.63) is 0 Å². The first-order valence-corrected chi connectivity index (χ1v) is 11.6. The second-order valence-electron chi connectivity index (χ2n) is 6.74.